The fourth-order valence-electron chi connectivity index (χ4n) is 5.67. The van der Waals surface area contributed by atoms with Crippen molar-refractivity contribution < 1.29 is 23.9 Å². The normalized spacial score (nSPS) is 24.7. The summed E-state index contributed by atoms with van der Waals surface area (Å²) in [5.41, 5.74) is 0.817. The molecule has 3 fully saturated rings. The van der Waals surface area contributed by atoms with Crippen LogP contribution in [0, 0.1) is 5.92 Å². The van der Waals surface area contributed by atoms with Gasteiger partial charge in [-0.2, -0.15) is 0 Å². The Balaban J connectivity index is 1.37. The molecule has 1 N–H and O–H groups in total. The van der Waals surface area contributed by atoms with Gasteiger partial charge in [-0.15, -0.1) is 0 Å². The fraction of sp³-hybridized carbons (Fsp3) is 0.654. The number of carbonyl (C=O) groups excluding carboxylic acids is 3. The number of urea groups is 1. The minimum atomic E-state index is -0.837. The maximum Gasteiger partial charge on any atom is 0.325 e. The molecule has 9 nitrogen and oxygen atoms in total. The molecule has 3 atom stereocenters. The molecule has 0 radical (unpaired) electrons. The average molecular weight is 487 g/mol. The zero-order valence-corrected chi connectivity index (χ0v) is 20.9. The standard InChI is InChI=1S/C26H38N4O5/c1-34-15-14-29(18-20-6-5-13-28-12-4-3-7-23(20)28)24(31)16-22-25(32)30(26(33)27-22)17-19-8-10-21(35-2)11-9-19/h8-11,20,22-23H,3-7,12-18H2,1-2H3,(H,27,33)/t20-,22+,23+/m0/s1. The summed E-state index contributed by atoms with van der Waals surface area (Å²) in [4.78, 5) is 44.5. The van der Waals surface area contributed by atoms with Crippen molar-refractivity contribution in [2.75, 3.05) is 47.0 Å². The van der Waals surface area contributed by atoms with Gasteiger partial charge in [-0.1, -0.05) is 18.6 Å². The Bertz CT molecular complexity index is 890. The van der Waals surface area contributed by atoms with E-state index in [-0.39, 0.29) is 24.8 Å². The van der Waals surface area contributed by atoms with Gasteiger partial charge in [-0.3, -0.25) is 14.5 Å². The minimum Gasteiger partial charge on any atom is -0.497 e. The topological polar surface area (TPSA) is 91.4 Å². The molecule has 0 aliphatic carbocycles. The molecule has 192 valence electrons. The summed E-state index contributed by atoms with van der Waals surface area (Å²) in [5, 5.41) is 2.71. The monoisotopic (exact) mass is 486 g/mol. The van der Waals surface area contributed by atoms with Crippen molar-refractivity contribution in [2.45, 2.75) is 57.2 Å². The maximum atomic E-state index is 13.3. The van der Waals surface area contributed by atoms with E-state index >= 15 is 0 Å². The summed E-state index contributed by atoms with van der Waals surface area (Å²) in [6.07, 6.45) is 5.93. The Kier molecular flexibility index (Phi) is 8.62. The van der Waals surface area contributed by atoms with Crippen LogP contribution in [-0.4, -0.2) is 91.6 Å². The summed E-state index contributed by atoms with van der Waals surface area (Å²) in [6.45, 7) is 4.07. The van der Waals surface area contributed by atoms with Crippen molar-refractivity contribution in [1.29, 1.82) is 0 Å². The van der Waals surface area contributed by atoms with Crippen LogP contribution in [0.2, 0.25) is 0 Å². The van der Waals surface area contributed by atoms with Crippen LogP contribution in [-0.2, 0) is 20.9 Å². The molecule has 4 rings (SSSR count). The molecule has 0 bridgehead atoms. The third-order valence-electron chi connectivity index (χ3n) is 7.59. The molecule has 0 aromatic heterocycles. The Morgan fingerprint density at radius 1 is 1.09 bits per heavy atom. The highest BCUT2D eigenvalue weighted by Crippen LogP contribution is 2.31. The second-order valence-corrected chi connectivity index (χ2v) is 9.81. The third-order valence-corrected chi connectivity index (χ3v) is 7.59. The van der Waals surface area contributed by atoms with E-state index in [1.807, 2.05) is 17.0 Å². The number of carbonyl (C=O) groups is 3. The van der Waals surface area contributed by atoms with Gasteiger partial charge in [0.25, 0.3) is 5.91 Å². The highest BCUT2D eigenvalue weighted by molar-refractivity contribution is 6.05. The third kappa shape index (κ3) is 6.13. The smallest absolute Gasteiger partial charge is 0.325 e. The van der Waals surface area contributed by atoms with Crippen LogP contribution in [0.25, 0.3) is 0 Å². The molecular weight excluding hydrogens is 448 g/mol. The summed E-state index contributed by atoms with van der Waals surface area (Å²) < 4.78 is 10.4. The highest BCUT2D eigenvalue weighted by atomic mass is 16.5. The number of nitrogens with one attached hydrogen (secondary N) is 1. The first-order valence-corrected chi connectivity index (χ1v) is 12.8. The van der Waals surface area contributed by atoms with E-state index in [1.165, 1.54) is 24.2 Å². The van der Waals surface area contributed by atoms with Crippen LogP contribution in [0.1, 0.15) is 44.1 Å². The second kappa shape index (κ2) is 11.9. The van der Waals surface area contributed by atoms with Crippen molar-refractivity contribution in [3.63, 3.8) is 0 Å². The van der Waals surface area contributed by atoms with Gasteiger partial charge in [0.05, 0.1) is 26.7 Å². The molecule has 9 heteroatoms. The lowest BCUT2D eigenvalue weighted by molar-refractivity contribution is -0.137. The maximum absolute atomic E-state index is 13.3. The van der Waals surface area contributed by atoms with Crippen molar-refractivity contribution in [1.82, 2.24) is 20.0 Å². The van der Waals surface area contributed by atoms with E-state index in [9.17, 15) is 14.4 Å². The van der Waals surface area contributed by atoms with Crippen LogP contribution in [0.15, 0.2) is 24.3 Å². The molecule has 3 aliphatic heterocycles. The number of ether oxygens (including phenoxy) is 2. The fourth-order valence-corrected chi connectivity index (χ4v) is 5.67. The Hall–Kier alpha value is -2.65. The van der Waals surface area contributed by atoms with Crippen LogP contribution in [0.5, 0.6) is 5.75 Å². The molecule has 35 heavy (non-hydrogen) atoms. The quantitative estimate of drug-likeness (QED) is 0.510. The first kappa shape index (κ1) is 25.4. The van der Waals surface area contributed by atoms with Crippen molar-refractivity contribution in [3.05, 3.63) is 29.8 Å². The molecule has 1 aromatic carbocycles. The summed E-state index contributed by atoms with van der Waals surface area (Å²) in [6, 6.07) is 6.46. The van der Waals surface area contributed by atoms with Gasteiger partial charge in [0.2, 0.25) is 5.91 Å². The number of hydrogen-bond donors (Lipinski definition) is 1. The Labute approximate surface area is 207 Å². The number of methoxy groups -OCH3 is 2. The van der Waals surface area contributed by atoms with E-state index in [1.54, 1.807) is 26.4 Å². The van der Waals surface area contributed by atoms with Crippen molar-refractivity contribution >= 4 is 17.8 Å². The predicted octanol–water partition coefficient (Wildman–Crippen LogP) is 2.25. The predicted molar refractivity (Wildman–Crippen MR) is 131 cm³/mol. The summed E-state index contributed by atoms with van der Waals surface area (Å²) >= 11 is 0. The van der Waals surface area contributed by atoms with Crippen molar-refractivity contribution in [3.8, 4) is 5.75 Å². The zero-order valence-electron chi connectivity index (χ0n) is 20.9. The number of benzene rings is 1. The lowest BCUT2D eigenvalue weighted by Crippen LogP contribution is -2.52. The molecule has 3 saturated heterocycles. The van der Waals surface area contributed by atoms with E-state index < -0.39 is 12.1 Å². The van der Waals surface area contributed by atoms with Gasteiger partial charge in [0, 0.05) is 26.2 Å². The number of nitrogens with zero attached hydrogens (tertiary/aromatic N) is 3. The molecular formula is C26H38N4O5. The number of piperidine rings is 2. The van der Waals surface area contributed by atoms with E-state index in [4.69, 9.17) is 9.47 Å². The number of imide groups is 1. The van der Waals surface area contributed by atoms with Gasteiger partial charge in [0.15, 0.2) is 0 Å². The molecule has 3 heterocycles. The van der Waals surface area contributed by atoms with Gasteiger partial charge < -0.3 is 24.6 Å². The van der Waals surface area contributed by atoms with Crippen LogP contribution >= 0.6 is 0 Å². The number of fused-ring (bicyclic) bond motifs is 1. The Morgan fingerprint density at radius 3 is 2.60 bits per heavy atom. The molecule has 3 aliphatic rings. The van der Waals surface area contributed by atoms with E-state index in [0.717, 1.165) is 31.5 Å². The van der Waals surface area contributed by atoms with Crippen LogP contribution in [0.4, 0.5) is 4.79 Å². The first-order valence-electron chi connectivity index (χ1n) is 12.8. The number of amides is 4. The summed E-state index contributed by atoms with van der Waals surface area (Å²) in [7, 11) is 3.22. The minimum absolute atomic E-state index is 0.0332. The van der Waals surface area contributed by atoms with E-state index in [2.05, 4.69) is 10.2 Å². The average Bonchev–Trinajstić information content (AvgIpc) is 3.14. The van der Waals surface area contributed by atoms with Crippen LogP contribution in [0.3, 0.4) is 0 Å². The largest absolute Gasteiger partial charge is 0.497 e. The number of rotatable bonds is 10. The molecule has 1 aromatic rings. The van der Waals surface area contributed by atoms with Gasteiger partial charge in [-0.25, -0.2) is 4.79 Å². The molecule has 0 unspecified atom stereocenters. The molecule has 0 saturated carbocycles. The second-order valence-electron chi connectivity index (χ2n) is 9.81. The highest BCUT2D eigenvalue weighted by Gasteiger charge is 2.40. The molecule has 0 spiro atoms. The van der Waals surface area contributed by atoms with Crippen LogP contribution < -0.4 is 10.1 Å². The van der Waals surface area contributed by atoms with Gasteiger partial charge >= 0.3 is 6.03 Å². The van der Waals surface area contributed by atoms with Crippen molar-refractivity contribution in [2.24, 2.45) is 5.92 Å². The lowest BCUT2D eigenvalue weighted by Gasteiger charge is -2.45. The van der Waals surface area contributed by atoms with Gasteiger partial charge in [-0.05, 0) is 62.4 Å². The van der Waals surface area contributed by atoms with Gasteiger partial charge in [0.1, 0.15) is 11.8 Å². The summed E-state index contributed by atoms with van der Waals surface area (Å²) in [5.74, 6) is 0.673. The lowest BCUT2D eigenvalue weighted by atomic mass is 9.83. The Morgan fingerprint density at radius 2 is 1.86 bits per heavy atom. The molecule has 4 amide bonds. The number of hydrogen-bond acceptors (Lipinski definition) is 6. The van der Waals surface area contributed by atoms with E-state index in [0.29, 0.717) is 37.4 Å². The SMILES string of the molecule is COCCN(C[C@@H]1CCCN2CCCC[C@H]12)C(=O)C[C@H]1NC(=O)N(Cc2ccc(OC)cc2)C1=O. The zero-order chi connectivity index (χ0) is 24.8. The first-order chi connectivity index (χ1) is 17.0.